The maximum atomic E-state index is 13.2. The van der Waals surface area contributed by atoms with Crippen molar-refractivity contribution in [3.8, 4) is 11.5 Å². The van der Waals surface area contributed by atoms with Gasteiger partial charge in [-0.15, -0.1) is 0 Å². The summed E-state index contributed by atoms with van der Waals surface area (Å²) in [4.78, 5) is 0.304. The number of para-hydroxylation sites is 1. The number of ether oxygens (including phenoxy) is 2. The fraction of sp³-hybridized carbons (Fsp3) is 0.263. The van der Waals surface area contributed by atoms with Crippen LogP contribution in [0.4, 0.5) is 0 Å². The second-order valence-electron chi connectivity index (χ2n) is 6.37. The van der Waals surface area contributed by atoms with Gasteiger partial charge in [0.15, 0.2) is 11.5 Å². The van der Waals surface area contributed by atoms with Crippen molar-refractivity contribution in [1.82, 2.24) is 5.32 Å². The van der Waals surface area contributed by atoms with Crippen LogP contribution in [0, 0.1) is 0 Å². The molecule has 0 amide bonds. The standard InChI is InChI=1S/C19H17NO5S/c21-26(22,18-3-1-2-15-19(18)24-9-8-23-15)12-4-5-13-14-6-7-20-11-17(14)25-16(13)10-12/h1-5,10,20H,6-9,11H2. The highest BCUT2D eigenvalue weighted by Gasteiger charge is 2.28. The van der Waals surface area contributed by atoms with Crippen LogP contribution in [-0.2, 0) is 22.8 Å². The van der Waals surface area contributed by atoms with Crippen LogP contribution >= 0.6 is 0 Å². The lowest BCUT2D eigenvalue weighted by Crippen LogP contribution is -2.22. The average Bonchev–Trinajstić information content (AvgIpc) is 3.05. The molecule has 0 bridgehead atoms. The van der Waals surface area contributed by atoms with E-state index >= 15 is 0 Å². The molecule has 2 aliphatic rings. The van der Waals surface area contributed by atoms with Crippen LogP contribution in [0.3, 0.4) is 0 Å². The van der Waals surface area contributed by atoms with E-state index in [1.54, 1.807) is 30.3 Å². The Bertz CT molecular complexity index is 1120. The van der Waals surface area contributed by atoms with Crippen LogP contribution in [0.1, 0.15) is 11.3 Å². The van der Waals surface area contributed by atoms with Crippen molar-refractivity contribution in [2.45, 2.75) is 22.8 Å². The van der Waals surface area contributed by atoms with Gasteiger partial charge in [-0.25, -0.2) is 8.42 Å². The molecule has 1 N–H and O–H groups in total. The summed E-state index contributed by atoms with van der Waals surface area (Å²) in [7, 11) is -3.75. The molecule has 6 nitrogen and oxygen atoms in total. The number of nitrogens with one attached hydrogen (secondary N) is 1. The van der Waals surface area contributed by atoms with Gasteiger partial charge in [-0.2, -0.15) is 0 Å². The fourth-order valence-corrected chi connectivity index (χ4v) is 4.99. The first-order chi connectivity index (χ1) is 12.6. The summed E-state index contributed by atoms with van der Waals surface area (Å²) in [6.07, 6.45) is 0.881. The Morgan fingerprint density at radius 2 is 1.92 bits per heavy atom. The molecule has 3 heterocycles. The summed E-state index contributed by atoms with van der Waals surface area (Å²) in [6.45, 7) is 2.31. The lowest BCUT2D eigenvalue weighted by molar-refractivity contribution is 0.167. The molecule has 26 heavy (non-hydrogen) atoms. The first kappa shape index (κ1) is 15.7. The third-order valence-electron chi connectivity index (χ3n) is 4.82. The Morgan fingerprint density at radius 1 is 1.04 bits per heavy atom. The summed E-state index contributed by atoms with van der Waals surface area (Å²) < 4.78 is 43.4. The van der Waals surface area contributed by atoms with Crippen LogP contribution in [0.5, 0.6) is 11.5 Å². The molecule has 0 saturated heterocycles. The van der Waals surface area contributed by atoms with Crippen LogP contribution in [0.15, 0.2) is 50.6 Å². The SMILES string of the molecule is O=S(=O)(c1ccc2c3c(oc2c1)CNCC3)c1cccc2c1OCCO2. The van der Waals surface area contributed by atoms with Crippen molar-refractivity contribution < 1.29 is 22.3 Å². The van der Waals surface area contributed by atoms with Gasteiger partial charge in [0.1, 0.15) is 29.5 Å². The van der Waals surface area contributed by atoms with Crippen LogP contribution in [0.25, 0.3) is 11.0 Å². The molecular formula is C19H17NO5S. The van der Waals surface area contributed by atoms with E-state index in [1.807, 2.05) is 6.07 Å². The zero-order chi connectivity index (χ0) is 17.7. The van der Waals surface area contributed by atoms with Gasteiger partial charge in [0.25, 0.3) is 0 Å². The van der Waals surface area contributed by atoms with Crippen molar-refractivity contribution in [3.63, 3.8) is 0 Å². The molecule has 0 saturated carbocycles. The number of hydrogen-bond donors (Lipinski definition) is 1. The van der Waals surface area contributed by atoms with Crippen molar-refractivity contribution >= 4 is 20.8 Å². The Hall–Kier alpha value is -2.51. The molecule has 1 aromatic heterocycles. The Balaban J connectivity index is 1.65. The van der Waals surface area contributed by atoms with Gasteiger partial charge in [0.05, 0.1) is 11.4 Å². The van der Waals surface area contributed by atoms with Gasteiger partial charge in [0, 0.05) is 17.0 Å². The fourth-order valence-electron chi connectivity index (χ4n) is 3.57. The highest BCUT2D eigenvalue weighted by molar-refractivity contribution is 7.91. The second kappa shape index (κ2) is 5.75. The Morgan fingerprint density at radius 3 is 2.85 bits per heavy atom. The first-order valence-electron chi connectivity index (χ1n) is 8.53. The summed E-state index contributed by atoms with van der Waals surface area (Å²) in [5, 5.41) is 4.25. The largest absolute Gasteiger partial charge is 0.486 e. The average molecular weight is 371 g/mol. The molecule has 0 radical (unpaired) electrons. The van der Waals surface area contributed by atoms with Crippen molar-refractivity contribution in [2.24, 2.45) is 0 Å². The number of rotatable bonds is 2. The molecule has 0 spiro atoms. The predicted octanol–water partition coefficient (Wildman–Crippen LogP) is 2.68. The molecule has 0 fully saturated rings. The zero-order valence-corrected chi connectivity index (χ0v) is 14.8. The monoisotopic (exact) mass is 371 g/mol. The minimum absolute atomic E-state index is 0.118. The number of fused-ring (bicyclic) bond motifs is 4. The van der Waals surface area contributed by atoms with Gasteiger partial charge in [-0.3, -0.25) is 0 Å². The molecule has 0 unspecified atom stereocenters. The highest BCUT2D eigenvalue weighted by Crippen LogP contribution is 2.39. The molecular weight excluding hydrogens is 354 g/mol. The van der Waals surface area contributed by atoms with E-state index in [2.05, 4.69) is 5.32 Å². The maximum Gasteiger partial charge on any atom is 0.210 e. The minimum atomic E-state index is -3.75. The molecule has 134 valence electrons. The van der Waals surface area contributed by atoms with E-state index in [0.717, 1.165) is 29.7 Å². The smallest absolute Gasteiger partial charge is 0.210 e. The van der Waals surface area contributed by atoms with Gasteiger partial charge in [-0.05, 0) is 37.2 Å². The van der Waals surface area contributed by atoms with Crippen LogP contribution < -0.4 is 14.8 Å². The molecule has 2 aliphatic heterocycles. The van der Waals surface area contributed by atoms with E-state index < -0.39 is 9.84 Å². The minimum Gasteiger partial charge on any atom is -0.486 e. The van der Waals surface area contributed by atoms with Gasteiger partial charge in [-0.1, -0.05) is 6.07 Å². The van der Waals surface area contributed by atoms with Crippen molar-refractivity contribution in [2.75, 3.05) is 19.8 Å². The Labute approximate surface area is 150 Å². The summed E-state index contributed by atoms with van der Waals surface area (Å²) in [5.41, 5.74) is 1.76. The topological polar surface area (TPSA) is 77.8 Å². The zero-order valence-electron chi connectivity index (χ0n) is 13.9. The third kappa shape index (κ3) is 2.31. The predicted molar refractivity (Wildman–Crippen MR) is 94.5 cm³/mol. The molecule has 5 rings (SSSR count). The van der Waals surface area contributed by atoms with Crippen molar-refractivity contribution in [3.05, 3.63) is 47.7 Å². The van der Waals surface area contributed by atoms with E-state index in [-0.39, 0.29) is 15.5 Å². The highest BCUT2D eigenvalue weighted by atomic mass is 32.2. The number of hydrogen-bond acceptors (Lipinski definition) is 6. The van der Waals surface area contributed by atoms with E-state index in [0.29, 0.717) is 31.1 Å². The summed E-state index contributed by atoms with van der Waals surface area (Å²) in [5.74, 6) is 1.62. The first-order valence-corrected chi connectivity index (χ1v) is 10.0. The van der Waals surface area contributed by atoms with Gasteiger partial charge >= 0.3 is 0 Å². The van der Waals surface area contributed by atoms with E-state index in [1.165, 1.54) is 0 Å². The van der Waals surface area contributed by atoms with Crippen LogP contribution in [0.2, 0.25) is 0 Å². The quantitative estimate of drug-likeness (QED) is 0.746. The lowest BCUT2D eigenvalue weighted by atomic mass is 10.1. The number of sulfone groups is 1. The number of benzene rings is 2. The third-order valence-corrected chi connectivity index (χ3v) is 6.59. The maximum absolute atomic E-state index is 13.2. The van der Waals surface area contributed by atoms with Crippen LogP contribution in [-0.4, -0.2) is 28.2 Å². The second-order valence-corrected chi connectivity index (χ2v) is 8.29. The summed E-state index contributed by atoms with van der Waals surface area (Å²) >= 11 is 0. The Kier molecular flexibility index (Phi) is 3.48. The molecule has 0 atom stereocenters. The molecule has 7 heteroatoms. The molecule has 3 aromatic rings. The number of furan rings is 1. The van der Waals surface area contributed by atoms with Gasteiger partial charge < -0.3 is 19.2 Å². The summed E-state index contributed by atoms with van der Waals surface area (Å²) in [6, 6.07) is 10.00. The molecule has 2 aromatic carbocycles. The lowest BCUT2D eigenvalue weighted by Gasteiger charge is -2.20. The molecule has 0 aliphatic carbocycles. The van der Waals surface area contributed by atoms with Crippen molar-refractivity contribution in [1.29, 1.82) is 0 Å². The normalized spacial score (nSPS) is 16.5. The van der Waals surface area contributed by atoms with E-state index in [4.69, 9.17) is 13.9 Å². The van der Waals surface area contributed by atoms with E-state index in [9.17, 15) is 8.42 Å². The van der Waals surface area contributed by atoms with Gasteiger partial charge in [0.2, 0.25) is 9.84 Å².